The van der Waals surface area contributed by atoms with Crippen LogP contribution in [-0.2, 0) is 68.0 Å². The van der Waals surface area contributed by atoms with E-state index in [4.69, 9.17) is 14.2 Å². The van der Waals surface area contributed by atoms with Gasteiger partial charge in [-0.05, 0) is 37.5 Å². The Bertz CT molecular complexity index is 1460. The highest BCUT2D eigenvalue weighted by atomic mass is 79.9. The summed E-state index contributed by atoms with van der Waals surface area (Å²) in [5.41, 5.74) is -0.216. The van der Waals surface area contributed by atoms with E-state index in [1.807, 2.05) is 78.1 Å². The first kappa shape index (κ1) is 52.3. The Hall–Kier alpha value is -2.74. The van der Waals surface area contributed by atoms with Crippen LogP contribution in [0.25, 0.3) is 0 Å². The molecule has 10 nitrogen and oxygen atoms in total. The Kier molecular flexibility index (Phi) is 28.9. The Labute approximate surface area is 360 Å². The average molecular weight is 961 g/mol. The van der Waals surface area contributed by atoms with Crippen LogP contribution in [0.2, 0.25) is 0 Å². The van der Waals surface area contributed by atoms with Crippen molar-refractivity contribution in [3.63, 3.8) is 0 Å². The molecule has 0 saturated heterocycles. The number of carbonyl (C=O) groups excluding carboxylic acids is 3. The summed E-state index contributed by atoms with van der Waals surface area (Å²) in [6.45, 7) is 8.86. The van der Waals surface area contributed by atoms with Crippen LogP contribution in [0.1, 0.15) is 127 Å². The third kappa shape index (κ3) is 21.4. The van der Waals surface area contributed by atoms with Crippen LogP contribution in [0.4, 0.5) is 0 Å². The molecule has 3 aromatic heterocycles. The number of aliphatic hydroxyl groups is 1. The minimum absolute atomic E-state index is 0. The van der Waals surface area contributed by atoms with E-state index < -0.39 is 36.4 Å². The molecule has 0 atom stereocenters. The maximum atomic E-state index is 13.5. The zero-order valence-corrected chi connectivity index (χ0v) is 37.7. The number of hydrogen-bond donors (Lipinski definition) is 1. The quantitative estimate of drug-likeness (QED) is 0.0406. The summed E-state index contributed by atoms with van der Waals surface area (Å²) < 4.78 is 22.7. The van der Waals surface area contributed by atoms with Crippen molar-refractivity contribution in [2.45, 2.75) is 156 Å². The molecule has 3 aromatic rings. The summed E-state index contributed by atoms with van der Waals surface area (Å²) in [7, 11) is 0. The fourth-order valence-electron chi connectivity index (χ4n) is 5.96. The lowest BCUT2D eigenvalue weighted by Gasteiger charge is -2.24. The molecule has 0 unspecified atom stereocenters. The van der Waals surface area contributed by atoms with Crippen LogP contribution in [0.3, 0.4) is 0 Å². The molecule has 0 aliphatic carbocycles. The number of unbranched alkanes of at least 4 members (excludes halogenated alkanes) is 9. The normalized spacial score (nSPS) is 10.7. The smallest absolute Gasteiger partial charge is 0.339 e. The van der Waals surface area contributed by atoms with Crippen molar-refractivity contribution in [3.05, 3.63) is 90.3 Å². The topological polar surface area (TPSA) is 111 Å². The number of aryl methyl sites for hydroxylation is 3. The molecule has 0 amide bonds. The molecule has 308 valence electrons. The van der Waals surface area contributed by atoms with Gasteiger partial charge in [-0.25, -0.2) is 18.5 Å². The molecule has 3 heterocycles. The van der Waals surface area contributed by atoms with Crippen molar-refractivity contribution in [1.29, 1.82) is 0 Å². The largest absolute Gasteiger partial charge is 1.00 e. The van der Waals surface area contributed by atoms with Gasteiger partial charge >= 0.3 is 17.9 Å². The fourth-order valence-corrected chi connectivity index (χ4v) is 5.96. The van der Waals surface area contributed by atoms with Gasteiger partial charge in [0, 0.05) is 37.5 Å². The molecule has 0 aliphatic rings. The molecule has 0 aromatic carbocycles. The fraction of sp³-hybridized carbons (Fsp3) is 0.571. The number of pyridine rings is 3. The second-order valence-electron chi connectivity index (χ2n) is 13.8. The van der Waals surface area contributed by atoms with Crippen molar-refractivity contribution < 1.29 is 98.3 Å². The first-order valence-electron chi connectivity index (χ1n) is 19.4. The number of aromatic nitrogens is 3. The Balaban J connectivity index is 0.00000972. The molecule has 0 fully saturated rings. The average Bonchev–Trinajstić information content (AvgIpc) is 3.15. The molecule has 3 rings (SSSR count). The highest BCUT2D eigenvalue weighted by Gasteiger charge is 2.43. The molecule has 0 saturated carbocycles. The number of esters is 3. The number of ether oxygens (including phenoxy) is 3. The lowest BCUT2D eigenvalue weighted by Crippen LogP contribution is -3.00. The van der Waals surface area contributed by atoms with Crippen molar-refractivity contribution in [1.82, 2.24) is 0 Å². The van der Waals surface area contributed by atoms with Gasteiger partial charge in [-0.3, -0.25) is 9.59 Å². The number of hydrogen-bond acceptors (Lipinski definition) is 7. The van der Waals surface area contributed by atoms with E-state index in [9.17, 15) is 19.5 Å². The van der Waals surface area contributed by atoms with Crippen LogP contribution < -0.4 is 64.6 Å². The minimum atomic E-state index is -2.48. The third-order valence-electron chi connectivity index (χ3n) is 8.99. The summed E-state index contributed by atoms with van der Waals surface area (Å²) in [5, 5.41) is 11.6. The van der Waals surface area contributed by atoms with Crippen molar-refractivity contribution in [2.24, 2.45) is 0 Å². The van der Waals surface area contributed by atoms with Crippen LogP contribution in [0, 0.1) is 0 Å². The predicted molar refractivity (Wildman–Crippen MR) is 196 cm³/mol. The van der Waals surface area contributed by atoms with Crippen LogP contribution in [0.5, 0.6) is 0 Å². The summed E-state index contributed by atoms with van der Waals surface area (Å²) in [4.78, 5) is 39.7. The summed E-state index contributed by atoms with van der Waals surface area (Å²) in [6.07, 6.45) is 23.7. The van der Waals surface area contributed by atoms with E-state index in [0.717, 1.165) is 94.1 Å². The highest BCUT2D eigenvalue weighted by molar-refractivity contribution is 5.90. The van der Waals surface area contributed by atoms with Gasteiger partial charge in [-0.1, -0.05) is 59.3 Å². The monoisotopic (exact) mass is 957 g/mol. The zero-order chi connectivity index (χ0) is 37.4. The number of halogens is 3. The maximum absolute atomic E-state index is 13.5. The summed E-state index contributed by atoms with van der Waals surface area (Å²) in [5.74, 6) is -2.75. The Morgan fingerprint density at radius 3 is 1.18 bits per heavy atom. The van der Waals surface area contributed by atoms with Gasteiger partial charge in [0.15, 0.2) is 42.8 Å². The molecular weight excluding hydrogens is 898 g/mol. The lowest BCUT2D eigenvalue weighted by atomic mass is 9.95. The van der Waals surface area contributed by atoms with Gasteiger partial charge in [0.25, 0.3) is 0 Å². The van der Waals surface area contributed by atoms with Crippen LogP contribution in [0.15, 0.2) is 73.6 Å². The second kappa shape index (κ2) is 30.4. The van der Waals surface area contributed by atoms with Crippen LogP contribution >= 0.6 is 0 Å². The molecular formula is C42H62Br3N3O7. The van der Waals surface area contributed by atoms with E-state index in [-0.39, 0.29) is 70.8 Å². The Morgan fingerprint density at radius 2 is 0.855 bits per heavy atom. The first-order chi connectivity index (χ1) is 25.2. The van der Waals surface area contributed by atoms with Gasteiger partial charge in [-0.15, -0.1) is 0 Å². The van der Waals surface area contributed by atoms with Gasteiger partial charge in [0.1, 0.15) is 39.5 Å². The van der Waals surface area contributed by atoms with E-state index in [1.54, 1.807) is 0 Å². The molecule has 55 heavy (non-hydrogen) atoms. The van der Waals surface area contributed by atoms with Crippen molar-refractivity contribution in [3.8, 4) is 0 Å². The maximum Gasteiger partial charge on any atom is 0.339 e. The minimum Gasteiger partial charge on any atom is -1.00 e. The molecule has 0 bridgehead atoms. The number of nitrogens with zero attached hydrogens (tertiary/aromatic N) is 3. The van der Waals surface area contributed by atoms with Gasteiger partial charge < -0.3 is 70.3 Å². The molecule has 0 spiro atoms. The van der Waals surface area contributed by atoms with E-state index in [2.05, 4.69) is 29.9 Å². The van der Waals surface area contributed by atoms with E-state index in [0.29, 0.717) is 0 Å². The summed E-state index contributed by atoms with van der Waals surface area (Å²) >= 11 is 0. The highest BCUT2D eigenvalue weighted by Crippen LogP contribution is 2.22. The molecule has 13 heteroatoms. The number of carbonyl (C=O) groups is 3. The predicted octanol–water partition coefficient (Wildman–Crippen LogP) is -2.66. The van der Waals surface area contributed by atoms with Gasteiger partial charge in [-0.2, -0.15) is 0 Å². The standard InChI is InChI=1S/C42H62N3O7.3BrH/c1-4-7-10-13-22-43-25-16-19-36(30-43)33-50-39(46)28-42(49,41(48)52-35-38-21-18-27-45(32-38)24-15-12-9-6-3)29-40(47)51-34-37-20-17-26-44(31-37)23-14-11-8-5-2;;;/h16-21,25-27,30-32,49H,4-15,22-24,28-29,33-35H2,1-3H3;3*1H/q+3;;;/p-3. The second-order valence-corrected chi connectivity index (χ2v) is 13.8. The summed E-state index contributed by atoms with van der Waals surface area (Å²) in [6, 6.07) is 11.2. The molecule has 0 radical (unpaired) electrons. The van der Waals surface area contributed by atoms with Crippen molar-refractivity contribution in [2.75, 3.05) is 0 Å². The third-order valence-corrected chi connectivity index (χ3v) is 8.99. The van der Waals surface area contributed by atoms with Crippen LogP contribution in [-0.4, -0.2) is 28.6 Å². The SMILES string of the molecule is CCCCCC[n+]1cccc(COC(=O)CC(O)(CC(=O)OCc2ccc[n+](CCCCCC)c2)C(=O)OCc2ccc[n+](CCCCCC)c2)c1.[Br-].[Br-].[Br-]. The first-order valence-corrected chi connectivity index (χ1v) is 19.4. The molecule has 0 aliphatic heterocycles. The zero-order valence-electron chi connectivity index (χ0n) is 32.9. The van der Waals surface area contributed by atoms with Crippen molar-refractivity contribution >= 4 is 17.9 Å². The van der Waals surface area contributed by atoms with Gasteiger partial charge in [0.05, 0.1) is 29.5 Å². The number of rotatable bonds is 26. The molecule has 1 N–H and O–H groups in total. The Morgan fingerprint density at radius 1 is 0.527 bits per heavy atom. The van der Waals surface area contributed by atoms with E-state index in [1.165, 1.54) is 19.3 Å². The van der Waals surface area contributed by atoms with Gasteiger partial charge in [0.2, 0.25) is 0 Å². The lowest BCUT2D eigenvalue weighted by molar-refractivity contribution is -0.698. The van der Waals surface area contributed by atoms with E-state index >= 15 is 0 Å².